The molecule has 6 nitrogen and oxygen atoms in total. The van der Waals surface area contributed by atoms with Gasteiger partial charge >= 0.3 is 5.97 Å². The molecule has 1 fully saturated rings. The first-order valence-electron chi connectivity index (χ1n) is 9.70. The summed E-state index contributed by atoms with van der Waals surface area (Å²) >= 11 is 8.85. The van der Waals surface area contributed by atoms with Crippen LogP contribution < -0.4 is 0 Å². The molecule has 0 radical (unpaired) electrons. The van der Waals surface area contributed by atoms with Gasteiger partial charge in [-0.2, -0.15) is 0 Å². The predicted octanol–water partition coefficient (Wildman–Crippen LogP) is 4.16. The molecule has 1 aliphatic heterocycles. The van der Waals surface area contributed by atoms with E-state index in [-0.39, 0.29) is 29.1 Å². The molecule has 1 aromatic heterocycles. The molecule has 2 aromatic carbocycles. The number of carbonyl (C=O) groups excluding carboxylic acids is 2. The van der Waals surface area contributed by atoms with Crippen molar-refractivity contribution in [2.75, 3.05) is 20.7 Å². The molecule has 4 rings (SSSR count). The standard InChI is InChI=1S/C23H19BrFN3O3S/c1-26-22(30)20(28(23(26)32)13-21(29)31-2)9-15-12-27(11-14-5-3-4-6-18(14)25)19-8-7-16(24)10-17(15)19/h3-10,12H,11,13H2,1-2H3/b20-9-. The van der Waals surface area contributed by atoms with Crippen LogP contribution in [0.3, 0.4) is 0 Å². The van der Waals surface area contributed by atoms with Crippen LogP contribution in [0, 0.1) is 5.82 Å². The lowest BCUT2D eigenvalue weighted by molar-refractivity contribution is -0.140. The fourth-order valence-corrected chi connectivity index (χ4v) is 4.25. The van der Waals surface area contributed by atoms with Gasteiger partial charge in [0.25, 0.3) is 5.91 Å². The summed E-state index contributed by atoms with van der Waals surface area (Å²) in [7, 11) is 2.85. The van der Waals surface area contributed by atoms with Crippen molar-refractivity contribution in [3.8, 4) is 0 Å². The fraction of sp³-hybridized carbons (Fsp3) is 0.174. The number of likely N-dealkylation sites (N-methyl/N-ethyl adjacent to an activating group) is 1. The lowest BCUT2D eigenvalue weighted by Crippen LogP contribution is -2.33. The molecule has 0 unspecified atom stereocenters. The number of rotatable bonds is 5. The highest BCUT2D eigenvalue weighted by Gasteiger charge is 2.37. The number of nitrogens with zero attached hydrogens (tertiary/aromatic N) is 3. The summed E-state index contributed by atoms with van der Waals surface area (Å²) in [5, 5.41) is 1.09. The molecule has 0 N–H and O–H groups in total. The van der Waals surface area contributed by atoms with Crippen LogP contribution in [0.5, 0.6) is 0 Å². The zero-order valence-corrected chi connectivity index (χ0v) is 19.7. The van der Waals surface area contributed by atoms with Gasteiger partial charge in [0.05, 0.1) is 13.7 Å². The number of carbonyl (C=O) groups is 2. The first-order chi connectivity index (χ1) is 15.3. The molecule has 0 saturated carbocycles. The van der Waals surface area contributed by atoms with Crippen LogP contribution in [-0.4, -0.2) is 52.1 Å². The number of fused-ring (bicyclic) bond motifs is 1. The quantitative estimate of drug-likeness (QED) is 0.290. The summed E-state index contributed by atoms with van der Waals surface area (Å²) in [5.74, 6) is -1.11. The molecule has 1 aliphatic rings. The summed E-state index contributed by atoms with van der Waals surface area (Å²) in [6.45, 7) is 0.154. The Hall–Kier alpha value is -3.04. The largest absolute Gasteiger partial charge is 0.468 e. The van der Waals surface area contributed by atoms with Crippen molar-refractivity contribution >= 4 is 62.1 Å². The Labute approximate surface area is 198 Å². The minimum atomic E-state index is -0.508. The maximum Gasteiger partial charge on any atom is 0.325 e. The SMILES string of the molecule is COC(=O)CN1C(=S)N(C)C(=O)/C1=C/c1cn(Cc2ccccc2F)c2ccc(Br)cc12. The Bertz CT molecular complexity index is 1290. The summed E-state index contributed by atoms with van der Waals surface area (Å²) in [5.41, 5.74) is 2.45. The van der Waals surface area contributed by atoms with E-state index in [1.807, 2.05) is 29.0 Å². The van der Waals surface area contributed by atoms with E-state index in [2.05, 4.69) is 15.9 Å². The molecular weight excluding hydrogens is 497 g/mol. The van der Waals surface area contributed by atoms with Crippen LogP contribution in [0.1, 0.15) is 11.1 Å². The third-order valence-electron chi connectivity index (χ3n) is 5.31. The van der Waals surface area contributed by atoms with Gasteiger partial charge < -0.3 is 14.2 Å². The van der Waals surface area contributed by atoms with E-state index in [0.717, 1.165) is 20.9 Å². The molecule has 0 aliphatic carbocycles. The van der Waals surface area contributed by atoms with Crippen LogP contribution >= 0.6 is 28.1 Å². The molecule has 164 valence electrons. The Morgan fingerprint density at radius 3 is 2.72 bits per heavy atom. The number of esters is 1. The Kier molecular flexibility index (Phi) is 6.12. The summed E-state index contributed by atoms with van der Waals surface area (Å²) < 4.78 is 21.8. The number of halogens is 2. The minimum Gasteiger partial charge on any atom is -0.468 e. The van der Waals surface area contributed by atoms with Crippen molar-refractivity contribution < 1.29 is 18.7 Å². The number of amides is 1. The van der Waals surface area contributed by atoms with E-state index in [0.29, 0.717) is 12.1 Å². The molecule has 0 spiro atoms. The Morgan fingerprint density at radius 1 is 1.25 bits per heavy atom. The van der Waals surface area contributed by atoms with Crippen LogP contribution in [0.25, 0.3) is 17.0 Å². The fourth-order valence-electron chi connectivity index (χ4n) is 3.64. The number of aromatic nitrogens is 1. The van der Waals surface area contributed by atoms with Gasteiger partial charge in [0.2, 0.25) is 0 Å². The topological polar surface area (TPSA) is 54.8 Å². The molecule has 0 atom stereocenters. The van der Waals surface area contributed by atoms with Crippen LogP contribution in [0.4, 0.5) is 4.39 Å². The van der Waals surface area contributed by atoms with E-state index < -0.39 is 5.97 Å². The van der Waals surface area contributed by atoms with Crippen LogP contribution in [0.2, 0.25) is 0 Å². The van der Waals surface area contributed by atoms with Gasteiger partial charge in [-0.15, -0.1) is 0 Å². The normalized spacial score (nSPS) is 15.3. The summed E-state index contributed by atoms with van der Waals surface area (Å²) in [6, 6.07) is 12.4. The van der Waals surface area contributed by atoms with Gasteiger partial charge in [0, 0.05) is 39.7 Å². The van der Waals surface area contributed by atoms with E-state index in [4.69, 9.17) is 17.0 Å². The lowest BCUT2D eigenvalue weighted by atomic mass is 10.1. The number of thiocarbonyl (C=S) groups is 1. The van der Waals surface area contributed by atoms with Gasteiger partial charge in [-0.3, -0.25) is 14.5 Å². The number of methoxy groups -OCH3 is 1. The zero-order chi connectivity index (χ0) is 23.0. The highest BCUT2D eigenvalue weighted by atomic mass is 79.9. The van der Waals surface area contributed by atoms with Crippen LogP contribution in [0.15, 0.2) is 58.8 Å². The number of ether oxygens (including phenoxy) is 1. The Balaban J connectivity index is 1.83. The molecule has 9 heteroatoms. The molecular formula is C23H19BrFN3O3S. The van der Waals surface area contributed by atoms with Gasteiger partial charge in [-0.05, 0) is 42.6 Å². The third-order valence-corrected chi connectivity index (χ3v) is 6.30. The second-order valence-corrected chi connectivity index (χ2v) is 8.58. The first kappa shape index (κ1) is 22.2. The lowest BCUT2D eigenvalue weighted by Gasteiger charge is -2.16. The van der Waals surface area contributed by atoms with Crippen molar-refractivity contribution in [1.29, 1.82) is 0 Å². The number of benzene rings is 2. The average Bonchev–Trinajstić information content (AvgIpc) is 3.20. The van der Waals surface area contributed by atoms with Crippen molar-refractivity contribution in [2.24, 2.45) is 0 Å². The first-order valence-corrected chi connectivity index (χ1v) is 10.9. The van der Waals surface area contributed by atoms with E-state index in [1.54, 1.807) is 31.3 Å². The predicted molar refractivity (Wildman–Crippen MR) is 127 cm³/mol. The molecule has 1 amide bonds. The van der Waals surface area contributed by atoms with Crippen molar-refractivity contribution in [3.05, 3.63) is 75.8 Å². The molecule has 0 bridgehead atoms. The minimum absolute atomic E-state index is 0.172. The molecule has 2 heterocycles. The second kappa shape index (κ2) is 8.84. The molecule has 32 heavy (non-hydrogen) atoms. The number of hydrogen-bond acceptors (Lipinski definition) is 4. The maximum absolute atomic E-state index is 14.3. The highest BCUT2D eigenvalue weighted by molar-refractivity contribution is 9.10. The molecule has 1 saturated heterocycles. The van der Waals surface area contributed by atoms with E-state index in [9.17, 15) is 14.0 Å². The average molecular weight is 516 g/mol. The van der Waals surface area contributed by atoms with E-state index >= 15 is 0 Å². The van der Waals surface area contributed by atoms with Crippen LogP contribution in [-0.2, 0) is 20.9 Å². The van der Waals surface area contributed by atoms with Gasteiger partial charge in [-0.25, -0.2) is 4.39 Å². The van der Waals surface area contributed by atoms with E-state index in [1.165, 1.54) is 23.0 Å². The van der Waals surface area contributed by atoms with Gasteiger partial charge in [0.1, 0.15) is 18.1 Å². The van der Waals surface area contributed by atoms with Crippen molar-refractivity contribution in [3.63, 3.8) is 0 Å². The van der Waals surface area contributed by atoms with Crippen molar-refractivity contribution in [2.45, 2.75) is 6.54 Å². The Morgan fingerprint density at radius 2 is 2.00 bits per heavy atom. The second-order valence-electron chi connectivity index (χ2n) is 7.30. The zero-order valence-electron chi connectivity index (χ0n) is 17.3. The molecule has 3 aromatic rings. The number of hydrogen-bond donors (Lipinski definition) is 0. The monoisotopic (exact) mass is 515 g/mol. The maximum atomic E-state index is 14.3. The highest BCUT2D eigenvalue weighted by Crippen LogP contribution is 2.30. The summed E-state index contributed by atoms with van der Waals surface area (Å²) in [6.07, 6.45) is 3.56. The smallest absolute Gasteiger partial charge is 0.325 e. The third kappa shape index (κ3) is 4.05. The van der Waals surface area contributed by atoms with Gasteiger partial charge in [-0.1, -0.05) is 34.1 Å². The van der Waals surface area contributed by atoms with Crippen molar-refractivity contribution in [1.82, 2.24) is 14.4 Å². The summed E-state index contributed by atoms with van der Waals surface area (Å²) in [4.78, 5) is 27.5. The van der Waals surface area contributed by atoms with Gasteiger partial charge in [0.15, 0.2) is 5.11 Å².